The Labute approximate surface area is 128 Å². The van der Waals surface area contributed by atoms with Gasteiger partial charge in [0.1, 0.15) is 11.6 Å². The fourth-order valence-electron chi connectivity index (χ4n) is 1.75. The van der Waals surface area contributed by atoms with Crippen molar-refractivity contribution < 1.29 is 9.13 Å². The first-order valence-corrected chi connectivity index (χ1v) is 7.45. The van der Waals surface area contributed by atoms with E-state index in [0.29, 0.717) is 16.9 Å². The molecule has 108 valence electrons. The number of hydrogen-bond acceptors (Lipinski definition) is 3. The molecule has 0 saturated heterocycles. The minimum atomic E-state index is -0.241. The number of hydrogen-bond donors (Lipinski definition) is 1. The van der Waals surface area contributed by atoms with E-state index in [1.165, 1.54) is 6.07 Å². The minimum Gasteiger partial charge on any atom is -0.497 e. The van der Waals surface area contributed by atoms with Crippen LogP contribution in [0.25, 0.3) is 0 Å². The molecule has 0 spiro atoms. The molecule has 0 aliphatic carbocycles. The fourth-order valence-corrected chi connectivity index (χ4v) is 2.68. The Bertz CT molecular complexity index is 676. The molecule has 0 saturated carbocycles. The lowest BCUT2D eigenvalue weighted by Crippen LogP contribution is -1.94. The van der Waals surface area contributed by atoms with E-state index in [4.69, 9.17) is 10.5 Å². The van der Waals surface area contributed by atoms with E-state index >= 15 is 0 Å². The molecule has 4 heteroatoms. The maximum atomic E-state index is 14.0. The Balaban J connectivity index is 2.06. The van der Waals surface area contributed by atoms with Gasteiger partial charge in [-0.2, -0.15) is 0 Å². The highest BCUT2D eigenvalue weighted by atomic mass is 32.2. The molecule has 21 heavy (non-hydrogen) atoms. The number of halogens is 1. The molecule has 0 unspecified atom stereocenters. The number of rotatable bonds is 4. The topological polar surface area (TPSA) is 35.2 Å². The summed E-state index contributed by atoms with van der Waals surface area (Å²) < 4.78 is 19.2. The SMILES string of the molecule is COc1cccc(SCc2ccc(C#CCN)cc2F)c1. The molecule has 0 amide bonds. The average molecular weight is 301 g/mol. The van der Waals surface area contributed by atoms with Gasteiger partial charge in [0.15, 0.2) is 0 Å². The van der Waals surface area contributed by atoms with Crippen LogP contribution in [0, 0.1) is 17.7 Å². The zero-order valence-corrected chi connectivity index (χ0v) is 12.5. The third kappa shape index (κ3) is 4.52. The number of nitrogens with two attached hydrogens (primary N) is 1. The number of benzene rings is 2. The summed E-state index contributed by atoms with van der Waals surface area (Å²) in [5.74, 6) is 6.65. The molecule has 2 nitrogen and oxygen atoms in total. The van der Waals surface area contributed by atoms with Gasteiger partial charge in [0.05, 0.1) is 13.7 Å². The Hall–Kier alpha value is -1.96. The van der Waals surface area contributed by atoms with Crippen molar-refractivity contribution in [3.8, 4) is 17.6 Å². The van der Waals surface area contributed by atoms with E-state index in [1.54, 1.807) is 24.9 Å². The second-order valence-electron chi connectivity index (χ2n) is 4.28. The van der Waals surface area contributed by atoms with Crippen molar-refractivity contribution in [1.29, 1.82) is 0 Å². The highest BCUT2D eigenvalue weighted by Gasteiger charge is 2.04. The summed E-state index contributed by atoms with van der Waals surface area (Å²) in [6, 6.07) is 12.7. The van der Waals surface area contributed by atoms with E-state index in [-0.39, 0.29) is 12.4 Å². The molecule has 0 atom stereocenters. The standard InChI is InChI=1S/C17H16FNOS/c1-20-15-5-2-6-16(11-15)21-12-14-8-7-13(4-3-9-19)10-17(14)18/h2,5-8,10-11H,9,12,19H2,1H3. The van der Waals surface area contributed by atoms with Crippen molar-refractivity contribution >= 4 is 11.8 Å². The van der Waals surface area contributed by atoms with E-state index in [1.807, 2.05) is 30.3 Å². The molecule has 0 radical (unpaired) electrons. The van der Waals surface area contributed by atoms with Crippen molar-refractivity contribution in [3.63, 3.8) is 0 Å². The van der Waals surface area contributed by atoms with Crippen LogP contribution in [-0.2, 0) is 5.75 Å². The van der Waals surface area contributed by atoms with Crippen molar-refractivity contribution in [2.24, 2.45) is 5.73 Å². The van der Waals surface area contributed by atoms with E-state index < -0.39 is 0 Å². The summed E-state index contributed by atoms with van der Waals surface area (Å²) in [6.07, 6.45) is 0. The van der Waals surface area contributed by atoms with Gasteiger partial charge in [0.25, 0.3) is 0 Å². The highest BCUT2D eigenvalue weighted by molar-refractivity contribution is 7.98. The van der Waals surface area contributed by atoms with Crippen LogP contribution in [-0.4, -0.2) is 13.7 Å². The summed E-state index contributed by atoms with van der Waals surface area (Å²) >= 11 is 1.56. The van der Waals surface area contributed by atoms with Crippen LogP contribution >= 0.6 is 11.8 Å². The van der Waals surface area contributed by atoms with Gasteiger partial charge in [-0.15, -0.1) is 11.8 Å². The molecule has 2 N–H and O–H groups in total. The van der Waals surface area contributed by atoms with E-state index in [0.717, 1.165) is 10.6 Å². The molecule has 0 aliphatic rings. The Morgan fingerprint density at radius 3 is 2.81 bits per heavy atom. The average Bonchev–Trinajstić information content (AvgIpc) is 2.52. The van der Waals surface area contributed by atoms with Gasteiger partial charge in [0, 0.05) is 16.2 Å². The van der Waals surface area contributed by atoms with E-state index in [9.17, 15) is 4.39 Å². The van der Waals surface area contributed by atoms with Gasteiger partial charge >= 0.3 is 0 Å². The summed E-state index contributed by atoms with van der Waals surface area (Å²) in [6.45, 7) is 0.273. The zero-order chi connectivity index (χ0) is 15.1. The first-order chi connectivity index (χ1) is 10.2. The molecular weight excluding hydrogens is 285 g/mol. The maximum Gasteiger partial charge on any atom is 0.128 e. The number of ether oxygens (including phenoxy) is 1. The summed E-state index contributed by atoms with van der Waals surface area (Å²) in [5.41, 5.74) is 6.60. The van der Waals surface area contributed by atoms with Crippen LogP contribution in [0.2, 0.25) is 0 Å². The van der Waals surface area contributed by atoms with Gasteiger partial charge in [0.2, 0.25) is 0 Å². The molecule has 2 rings (SSSR count). The first kappa shape index (κ1) is 15.4. The molecule has 2 aromatic carbocycles. The Morgan fingerprint density at radius 2 is 2.10 bits per heavy atom. The van der Waals surface area contributed by atoms with Crippen LogP contribution < -0.4 is 10.5 Å². The molecular formula is C17H16FNOS. The third-order valence-corrected chi connectivity index (χ3v) is 3.87. The van der Waals surface area contributed by atoms with Gasteiger partial charge in [-0.3, -0.25) is 0 Å². The van der Waals surface area contributed by atoms with Crippen LogP contribution in [0.3, 0.4) is 0 Å². The van der Waals surface area contributed by atoms with Crippen LogP contribution in [0.5, 0.6) is 5.75 Å². The first-order valence-electron chi connectivity index (χ1n) is 6.47. The highest BCUT2D eigenvalue weighted by Crippen LogP contribution is 2.27. The lowest BCUT2D eigenvalue weighted by atomic mass is 10.1. The quantitative estimate of drug-likeness (QED) is 0.694. The van der Waals surface area contributed by atoms with Crippen molar-refractivity contribution in [2.45, 2.75) is 10.6 Å². The molecule has 0 bridgehead atoms. The number of methoxy groups -OCH3 is 1. The predicted octanol–water partition coefficient (Wildman–Crippen LogP) is 3.44. The second-order valence-corrected chi connectivity index (χ2v) is 5.33. The van der Waals surface area contributed by atoms with Crippen LogP contribution in [0.15, 0.2) is 47.4 Å². The predicted molar refractivity (Wildman–Crippen MR) is 84.9 cm³/mol. The lowest BCUT2D eigenvalue weighted by molar-refractivity contribution is 0.413. The largest absolute Gasteiger partial charge is 0.497 e. The smallest absolute Gasteiger partial charge is 0.128 e. The Morgan fingerprint density at radius 1 is 1.24 bits per heavy atom. The van der Waals surface area contributed by atoms with Gasteiger partial charge < -0.3 is 10.5 Å². The van der Waals surface area contributed by atoms with Gasteiger partial charge in [-0.25, -0.2) is 4.39 Å². The molecule has 0 aromatic heterocycles. The van der Waals surface area contributed by atoms with Crippen molar-refractivity contribution in [1.82, 2.24) is 0 Å². The summed E-state index contributed by atoms with van der Waals surface area (Å²) in [7, 11) is 1.63. The van der Waals surface area contributed by atoms with Gasteiger partial charge in [-0.1, -0.05) is 24.0 Å². The van der Waals surface area contributed by atoms with Gasteiger partial charge in [-0.05, 0) is 35.9 Å². The zero-order valence-electron chi connectivity index (χ0n) is 11.7. The lowest BCUT2D eigenvalue weighted by Gasteiger charge is -2.06. The molecule has 2 aromatic rings. The fraction of sp³-hybridized carbons (Fsp3) is 0.176. The molecule has 0 fully saturated rings. The van der Waals surface area contributed by atoms with E-state index in [2.05, 4.69) is 11.8 Å². The summed E-state index contributed by atoms with van der Waals surface area (Å²) in [4.78, 5) is 1.04. The summed E-state index contributed by atoms with van der Waals surface area (Å²) in [5, 5.41) is 0. The molecule has 0 heterocycles. The maximum absolute atomic E-state index is 14.0. The molecule has 0 aliphatic heterocycles. The normalized spacial score (nSPS) is 9.86. The monoisotopic (exact) mass is 301 g/mol. The second kappa shape index (κ2) is 7.72. The van der Waals surface area contributed by atoms with Crippen LogP contribution in [0.4, 0.5) is 4.39 Å². The Kier molecular flexibility index (Phi) is 5.68. The van der Waals surface area contributed by atoms with Crippen molar-refractivity contribution in [3.05, 3.63) is 59.4 Å². The number of thioether (sulfide) groups is 1. The minimum absolute atomic E-state index is 0.241. The van der Waals surface area contributed by atoms with Crippen molar-refractivity contribution in [2.75, 3.05) is 13.7 Å². The third-order valence-electron chi connectivity index (χ3n) is 2.82. The van der Waals surface area contributed by atoms with Crippen LogP contribution in [0.1, 0.15) is 11.1 Å².